The van der Waals surface area contributed by atoms with Crippen LogP contribution in [0.15, 0.2) is 14.8 Å². The minimum atomic E-state index is -4.67. The monoisotopic (exact) mass is 337 g/mol. The van der Waals surface area contributed by atoms with Gasteiger partial charge in [-0.1, -0.05) is 0 Å². The van der Waals surface area contributed by atoms with Gasteiger partial charge in [-0.15, -0.1) is 0 Å². The number of hydrogen-bond acceptors (Lipinski definition) is 9. The van der Waals surface area contributed by atoms with E-state index in [-0.39, 0.29) is 23.3 Å². The quantitative estimate of drug-likeness (QED) is 0.290. The Bertz CT molecular complexity index is 795. The zero-order valence-corrected chi connectivity index (χ0v) is 12.1. The van der Waals surface area contributed by atoms with Crippen LogP contribution in [-0.4, -0.2) is 62.5 Å². The van der Waals surface area contributed by atoms with E-state index in [0.717, 1.165) is 0 Å². The summed E-state index contributed by atoms with van der Waals surface area (Å²) in [6.07, 6.45) is -2.01. The van der Waals surface area contributed by atoms with Gasteiger partial charge in [-0.2, -0.15) is 13.4 Å². The van der Waals surface area contributed by atoms with Crippen molar-refractivity contribution in [2.24, 2.45) is 9.98 Å². The summed E-state index contributed by atoms with van der Waals surface area (Å²) < 4.78 is 31.6. The van der Waals surface area contributed by atoms with E-state index in [9.17, 15) is 15.0 Å². The second-order valence-corrected chi connectivity index (χ2v) is 5.24. The summed E-state index contributed by atoms with van der Waals surface area (Å²) in [5.41, 5.74) is 5.03. The van der Waals surface area contributed by atoms with Crippen LogP contribution in [0.3, 0.4) is 0 Å². The van der Waals surface area contributed by atoms with Gasteiger partial charge in [0, 0.05) is 0 Å². The third kappa shape index (κ3) is 5.45. The molecule has 3 unspecified atom stereocenters. The Morgan fingerprint density at radius 1 is 1.36 bits per heavy atom. The lowest BCUT2D eigenvalue weighted by molar-refractivity contribution is 0.0160. The van der Waals surface area contributed by atoms with E-state index in [1.165, 1.54) is 6.92 Å². The number of aliphatic hydroxyl groups excluding tert-OH is 2. The molecule has 0 spiro atoms. The molecule has 124 valence electrons. The number of fused-ring (bicyclic) bond motifs is 1. The molecule has 22 heavy (non-hydrogen) atoms. The summed E-state index contributed by atoms with van der Waals surface area (Å²) >= 11 is 0. The van der Waals surface area contributed by atoms with Gasteiger partial charge in [0.05, 0.1) is 18.7 Å². The van der Waals surface area contributed by atoms with E-state index >= 15 is 0 Å². The molecule has 7 N–H and O–H groups in total. The van der Waals surface area contributed by atoms with E-state index < -0.39 is 34.2 Å². The van der Waals surface area contributed by atoms with Crippen LogP contribution in [-0.2, 0) is 10.4 Å². The Hall–Kier alpha value is -1.93. The van der Waals surface area contributed by atoms with Crippen LogP contribution < -0.4 is 22.1 Å². The maximum Gasteiger partial charge on any atom is 0.394 e. The van der Waals surface area contributed by atoms with E-state index in [4.69, 9.17) is 23.3 Å². The summed E-state index contributed by atoms with van der Waals surface area (Å²) in [5, 5.41) is 19.0. The maximum absolute atomic E-state index is 11.5. The van der Waals surface area contributed by atoms with Crippen LogP contribution in [0.2, 0.25) is 0 Å². The van der Waals surface area contributed by atoms with E-state index in [0.29, 0.717) is 0 Å². The van der Waals surface area contributed by atoms with Gasteiger partial charge in [-0.3, -0.25) is 28.9 Å². The molecule has 1 aromatic rings. The zero-order valence-electron chi connectivity index (χ0n) is 11.3. The molecule has 0 bridgehead atoms. The summed E-state index contributed by atoms with van der Waals surface area (Å²) in [7, 11) is -4.67. The van der Waals surface area contributed by atoms with Gasteiger partial charge in [-0.05, 0) is 6.92 Å². The number of aromatic nitrogens is 2. The number of nitrogens with one attached hydrogen (secondary N) is 1. The Kier molecular flexibility index (Phi) is 5.67. The molecular formula is C9H15N5O7S. The second-order valence-electron chi connectivity index (χ2n) is 4.34. The van der Waals surface area contributed by atoms with Crippen LogP contribution >= 0.6 is 0 Å². The van der Waals surface area contributed by atoms with Gasteiger partial charge < -0.3 is 15.9 Å². The molecule has 0 fully saturated rings. The summed E-state index contributed by atoms with van der Waals surface area (Å²) in [6, 6.07) is -0.644. The number of rotatable bonds is 2. The molecule has 0 saturated heterocycles. The molecule has 0 amide bonds. The summed E-state index contributed by atoms with van der Waals surface area (Å²) in [5.74, 6) is -0.0257. The summed E-state index contributed by atoms with van der Waals surface area (Å²) in [6.45, 7) is 1.61. The van der Waals surface area contributed by atoms with Gasteiger partial charge in [-0.25, -0.2) is 0 Å². The average Bonchev–Trinajstić information content (AvgIpc) is 2.35. The molecule has 0 saturated carbocycles. The number of nitrogens with zero attached hydrogens (tertiary/aromatic N) is 3. The van der Waals surface area contributed by atoms with Gasteiger partial charge >= 0.3 is 10.4 Å². The van der Waals surface area contributed by atoms with Crippen molar-refractivity contribution in [3.8, 4) is 0 Å². The normalized spacial score (nSPS) is 19.6. The number of nitrogens with two attached hydrogens (primary N) is 1. The van der Waals surface area contributed by atoms with E-state index in [1.54, 1.807) is 0 Å². The number of nitrogen functional groups attached to an aromatic ring is 1. The maximum atomic E-state index is 11.5. The first kappa shape index (κ1) is 18.1. The van der Waals surface area contributed by atoms with Crippen molar-refractivity contribution in [3.63, 3.8) is 0 Å². The molecule has 0 radical (unpaired) electrons. The number of aromatic amines is 1. The fraction of sp³-hybridized carbons (Fsp3) is 0.556. The van der Waals surface area contributed by atoms with Crippen molar-refractivity contribution in [1.82, 2.24) is 9.97 Å². The largest absolute Gasteiger partial charge is 0.394 e. The first-order valence-electron chi connectivity index (χ1n) is 5.83. The number of anilines is 1. The molecule has 2 heterocycles. The minimum Gasteiger partial charge on any atom is -0.391 e. The van der Waals surface area contributed by atoms with Crippen LogP contribution in [0, 0.1) is 0 Å². The zero-order chi connectivity index (χ0) is 17.1. The third-order valence-electron chi connectivity index (χ3n) is 2.51. The predicted molar refractivity (Wildman–Crippen MR) is 72.1 cm³/mol. The van der Waals surface area contributed by atoms with Crippen LogP contribution in [0.1, 0.15) is 6.92 Å². The predicted octanol–water partition coefficient (Wildman–Crippen LogP) is -3.94. The highest BCUT2D eigenvalue weighted by molar-refractivity contribution is 7.79. The van der Waals surface area contributed by atoms with Gasteiger partial charge in [0.1, 0.15) is 6.10 Å². The fourth-order valence-corrected chi connectivity index (χ4v) is 1.59. The lowest BCUT2D eigenvalue weighted by atomic mass is 10.1. The molecule has 0 aromatic carbocycles. The lowest BCUT2D eigenvalue weighted by Gasteiger charge is -2.21. The number of aliphatic hydroxyl groups is 2. The SMILES string of the molecule is CC(O)C(O)C1CN=c2nc(N)[nH]c(=O)c2=N1.O=S(=O)(O)O. The van der Waals surface area contributed by atoms with E-state index in [2.05, 4.69) is 20.0 Å². The third-order valence-corrected chi connectivity index (χ3v) is 2.51. The van der Waals surface area contributed by atoms with Crippen LogP contribution in [0.25, 0.3) is 0 Å². The van der Waals surface area contributed by atoms with Crippen LogP contribution in [0.4, 0.5) is 5.95 Å². The van der Waals surface area contributed by atoms with Crippen molar-refractivity contribution in [3.05, 3.63) is 21.2 Å². The highest BCUT2D eigenvalue weighted by Crippen LogP contribution is 2.04. The molecule has 3 atom stereocenters. The molecule has 1 aliphatic rings. The van der Waals surface area contributed by atoms with E-state index in [1.807, 2.05) is 0 Å². The minimum absolute atomic E-state index is 0.0257. The van der Waals surface area contributed by atoms with Crippen LogP contribution in [0.5, 0.6) is 0 Å². The van der Waals surface area contributed by atoms with Crippen molar-refractivity contribution < 1.29 is 27.7 Å². The van der Waals surface area contributed by atoms with Gasteiger partial charge in [0.25, 0.3) is 5.56 Å². The molecule has 0 aliphatic carbocycles. The number of H-pyrrole nitrogens is 1. The molecule has 1 aliphatic heterocycles. The lowest BCUT2D eigenvalue weighted by Crippen LogP contribution is -2.50. The molecule has 2 rings (SSSR count). The summed E-state index contributed by atoms with van der Waals surface area (Å²) in [4.78, 5) is 25.7. The molecule has 13 heteroatoms. The Balaban J connectivity index is 0.000000422. The van der Waals surface area contributed by atoms with Gasteiger partial charge in [0.2, 0.25) is 5.95 Å². The van der Waals surface area contributed by atoms with Crippen molar-refractivity contribution >= 4 is 16.3 Å². The molecule has 12 nitrogen and oxygen atoms in total. The Morgan fingerprint density at radius 3 is 2.41 bits per heavy atom. The number of hydrogen-bond donors (Lipinski definition) is 6. The smallest absolute Gasteiger partial charge is 0.391 e. The van der Waals surface area contributed by atoms with Crippen molar-refractivity contribution in [2.75, 3.05) is 12.3 Å². The molecule has 1 aromatic heterocycles. The highest BCUT2D eigenvalue weighted by atomic mass is 32.3. The standard InChI is InChI=1S/C9H13N5O3.H2O4S/c1-3(15)6(16)4-2-11-7-5(12-4)8(17)14-9(10)13-7;1-5(2,3)4/h3-4,6,15-16H,2H2,1H3,(H3,10,11,13,14,17);(H2,1,2,3,4). The Morgan fingerprint density at radius 2 is 1.91 bits per heavy atom. The van der Waals surface area contributed by atoms with Crippen molar-refractivity contribution in [1.29, 1.82) is 0 Å². The second kappa shape index (κ2) is 6.89. The highest BCUT2D eigenvalue weighted by Gasteiger charge is 2.24. The first-order valence-corrected chi connectivity index (χ1v) is 7.23. The topological polar surface area (TPSA) is 212 Å². The van der Waals surface area contributed by atoms with Crippen molar-refractivity contribution in [2.45, 2.75) is 25.2 Å². The molecular weight excluding hydrogens is 322 g/mol. The first-order chi connectivity index (χ1) is 9.99. The van der Waals surface area contributed by atoms with Gasteiger partial charge in [0.15, 0.2) is 10.8 Å². The fourth-order valence-electron chi connectivity index (χ4n) is 1.59. The Labute approximate surface area is 123 Å². The average molecular weight is 337 g/mol.